The number of carbonyl (C=O) groups is 2. The van der Waals surface area contributed by atoms with Crippen molar-refractivity contribution in [2.24, 2.45) is 11.3 Å². The predicted molar refractivity (Wildman–Crippen MR) is 79.1 cm³/mol. The van der Waals surface area contributed by atoms with E-state index < -0.39 is 6.04 Å². The standard InChI is InChI=1S/C16H28N2O2/c1-6-7-10(2)18-12(11-8-9-11)14(19)17-13(15(18)20)16(3,4)5/h10-13H,6-9H2,1-5H3,(H,17,19). The molecule has 0 aromatic heterocycles. The zero-order valence-corrected chi connectivity index (χ0v) is 13.4. The smallest absolute Gasteiger partial charge is 0.246 e. The maximum atomic E-state index is 12.9. The molecular weight excluding hydrogens is 252 g/mol. The lowest BCUT2D eigenvalue weighted by Crippen LogP contribution is -2.68. The molecule has 1 aliphatic carbocycles. The van der Waals surface area contributed by atoms with E-state index >= 15 is 0 Å². The van der Waals surface area contributed by atoms with Crippen molar-refractivity contribution in [1.82, 2.24) is 10.2 Å². The molecule has 4 nitrogen and oxygen atoms in total. The second-order valence-electron chi connectivity index (χ2n) is 7.47. The van der Waals surface area contributed by atoms with Gasteiger partial charge in [-0.05, 0) is 37.5 Å². The van der Waals surface area contributed by atoms with E-state index in [1.165, 1.54) is 0 Å². The van der Waals surface area contributed by atoms with E-state index in [1.54, 1.807) is 0 Å². The summed E-state index contributed by atoms with van der Waals surface area (Å²) in [5.41, 5.74) is -0.245. The number of nitrogens with one attached hydrogen (secondary N) is 1. The van der Waals surface area contributed by atoms with Gasteiger partial charge in [-0.3, -0.25) is 9.59 Å². The van der Waals surface area contributed by atoms with Crippen LogP contribution in [0.2, 0.25) is 0 Å². The van der Waals surface area contributed by atoms with E-state index in [9.17, 15) is 9.59 Å². The molecule has 4 heteroatoms. The summed E-state index contributed by atoms with van der Waals surface area (Å²) >= 11 is 0. The zero-order valence-electron chi connectivity index (χ0n) is 13.4. The second-order valence-corrected chi connectivity index (χ2v) is 7.47. The summed E-state index contributed by atoms with van der Waals surface area (Å²) in [6.07, 6.45) is 4.13. The molecule has 0 spiro atoms. The lowest BCUT2D eigenvalue weighted by Gasteiger charge is -2.46. The number of carbonyl (C=O) groups excluding carboxylic acids is 2. The van der Waals surface area contributed by atoms with E-state index in [0.29, 0.717) is 5.92 Å². The van der Waals surface area contributed by atoms with Crippen molar-refractivity contribution in [3.63, 3.8) is 0 Å². The second kappa shape index (κ2) is 5.38. The van der Waals surface area contributed by atoms with Gasteiger partial charge in [0.05, 0.1) is 0 Å². The SMILES string of the molecule is CCCC(C)N1C(=O)C(C(C)(C)C)NC(=O)C1C1CC1. The Hall–Kier alpha value is -1.06. The van der Waals surface area contributed by atoms with Gasteiger partial charge in [0.1, 0.15) is 12.1 Å². The van der Waals surface area contributed by atoms with Crippen molar-refractivity contribution >= 4 is 11.8 Å². The van der Waals surface area contributed by atoms with Crippen LogP contribution in [-0.4, -0.2) is 34.8 Å². The van der Waals surface area contributed by atoms with E-state index in [2.05, 4.69) is 19.2 Å². The first-order valence-electron chi connectivity index (χ1n) is 7.90. The third-order valence-corrected chi connectivity index (χ3v) is 4.47. The number of rotatable bonds is 4. The van der Waals surface area contributed by atoms with E-state index in [0.717, 1.165) is 25.7 Å². The largest absolute Gasteiger partial charge is 0.342 e. The fourth-order valence-electron chi connectivity index (χ4n) is 3.19. The summed E-state index contributed by atoms with van der Waals surface area (Å²) in [4.78, 5) is 27.3. The topological polar surface area (TPSA) is 49.4 Å². The lowest BCUT2D eigenvalue weighted by atomic mass is 9.83. The highest BCUT2D eigenvalue weighted by atomic mass is 16.2. The maximum Gasteiger partial charge on any atom is 0.246 e. The fraction of sp³-hybridized carbons (Fsp3) is 0.875. The molecule has 1 saturated heterocycles. The molecule has 0 radical (unpaired) electrons. The first kappa shape index (κ1) is 15.3. The predicted octanol–water partition coefficient (Wildman–Crippen LogP) is 2.33. The summed E-state index contributed by atoms with van der Waals surface area (Å²) < 4.78 is 0. The molecule has 0 aromatic rings. The first-order valence-corrected chi connectivity index (χ1v) is 7.90. The molecule has 2 aliphatic rings. The third kappa shape index (κ3) is 2.84. The molecule has 20 heavy (non-hydrogen) atoms. The number of hydrogen-bond acceptors (Lipinski definition) is 2. The maximum absolute atomic E-state index is 12.9. The highest BCUT2D eigenvalue weighted by Gasteiger charge is 2.51. The lowest BCUT2D eigenvalue weighted by molar-refractivity contribution is -0.156. The number of nitrogens with zero attached hydrogens (tertiary/aromatic N) is 1. The minimum Gasteiger partial charge on any atom is -0.342 e. The Kier molecular flexibility index (Phi) is 4.12. The molecule has 3 atom stereocenters. The molecule has 2 rings (SSSR count). The Morgan fingerprint density at radius 3 is 2.35 bits per heavy atom. The minimum atomic E-state index is -0.399. The van der Waals surface area contributed by atoms with E-state index in [1.807, 2.05) is 25.7 Å². The Balaban J connectivity index is 2.28. The van der Waals surface area contributed by atoms with Gasteiger partial charge < -0.3 is 10.2 Å². The van der Waals surface area contributed by atoms with Crippen LogP contribution in [0.15, 0.2) is 0 Å². The molecule has 1 heterocycles. The van der Waals surface area contributed by atoms with Crippen molar-refractivity contribution in [2.45, 2.75) is 78.4 Å². The van der Waals surface area contributed by atoms with Crippen LogP contribution in [0.5, 0.6) is 0 Å². The van der Waals surface area contributed by atoms with Crippen molar-refractivity contribution in [2.75, 3.05) is 0 Å². The summed E-state index contributed by atoms with van der Waals surface area (Å²) in [6, 6.07) is -0.485. The number of hydrogen-bond donors (Lipinski definition) is 1. The number of amides is 2. The van der Waals surface area contributed by atoms with Gasteiger partial charge in [0.2, 0.25) is 11.8 Å². The van der Waals surface area contributed by atoms with Gasteiger partial charge in [-0.15, -0.1) is 0 Å². The minimum absolute atomic E-state index is 0.0509. The summed E-state index contributed by atoms with van der Waals surface area (Å²) in [5.74, 6) is 0.532. The van der Waals surface area contributed by atoms with Crippen LogP contribution in [0.1, 0.15) is 60.3 Å². The fourth-order valence-corrected chi connectivity index (χ4v) is 3.19. The van der Waals surface area contributed by atoms with Gasteiger partial charge in [-0.25, -0.2) is 0 Å². The van der Waals surface area contributed by atoms with Gasteiger partial charge in [0.15, 0.2) is 0 Å². The molecule has 2 amide bonds. The van der Waals surface area contributed by atoms with Crippen LogP contribution in [0.3, 0.4) is 0 Å². The van der Waals surface area contributed by atoms with Crippen LogP contribution in [0.25, 0.3) is 0 Å². The monoisotopic (exact) mass is 280 g/mol. The number of piperazine rings is 1. The molecule has 0 aromatic carbocycles. The van der Waals surface area contributed by atoms with Gasteiger partial charge in [0.25, 0.3) is 0 Å². The summed E-state index contributed by atoms with van der Waals surface area (Å²) in [5, 5.41) is 2.97. The average molecular weight is 280 g/mol. The van der Waals surface area contributed by atoms with Crippen LogP contribution < -0.4 is 5.32 Å². The molecule has 1 N–H and O–H groups in total. The van der Waals surface area contributed by atoms with Crippen LogP contribution in [-0.2, 0) is 9.59 Å². The quantitative estimate of drug-likeness (QED) is 0.859. The Morgan fingerprint density at radius 2 is 1.90 bits per heavy atom. The highest BCUT2D eigenvalue weighted by Crippen LogP contribution is 2.39. The molecular formula is C16H28N2O2. The zero-order chi connectivity index (χ0) is 15.1. The average Bonchev–Trinajstić information content (AvgIpc) is 3.13. The van der Waals surface area contributed by atoms with Crippen molar-refractivity contribution in [3.8, 4) is 0 Å². The molecule has 114 valence electrons. The van der Waals surface area contributed by atoms with E-state index in [4.69, 9.17) is 0 Å². The molecule has 1 saturated carbocycles. The Bertz CT molecular complexity index is 396. The molecule has 3 unspecified atom stereocenters. The van der Waals surface area contributed by atoms with Crippen LogP contribution in [0, 0.1) is 11.3 Å². The van der Waals surface area contributed by atoms with Crippen molar-refractivity contribution < 1.29 is 9.59 Å². The normalized spacial score (nSPS) is 29.4. The van der Waals surface area contributed by atoms with Crippen molar-refractivity contribution in [1.29, 1.82) is 0 Å². The summed E-state index contributed by atoms with van der Waals surface area (Å²) in [6.45, 7) is 10.2. The van der Waals surface area contributed by atoms with Gasteiger partial charge in [0, 0.05) is 6.04 Å². The first-order chi connectivity index (χ1) is 9.27. The Morgan fingerprint density at radius 1 is 1.30 bits per heavy atom. The third-order valence-electron chi connectivity index (χ3n) is 4.47. The van der Waals surface area contributed by atoms with Crippen LogP contribution >= 0.6 is 0 Å². The van der Waals surface area contributed by atoms with Gasteiger partial charge in [-0.2, -0.15) is 0 Å². The van der Waals surface area contributed by atoms with Crippen LogP contribution in [0.4, 0.5) is 0 Å². The van der Waals surface area contributed by atoms with Gasteiger partial charge >= 0.3 is 0 Å². The summed E-state index contributed by atoms with van der Waals surface area (Å²) in [7, 11) is 0. The molecule has 1 aliphatic heterocycles. The van der Waals surface area contributed by atoms with Gasteiger partial charge in [-0.1, -0.05) is 34.1 Å². The highest BCUT2D eigenvalue weighted by molar-refractivity contribution is 5.98. The Labute approximate surface area is 122 Å². The van der Waals surface area contributed by atoms with E-state index in [-0.39, 0.29) is 29.3 Å². The molecule has 2 fully saturated rings. The molecule has 0 bridgehead atoms. The van der Waals surface area contributed by atoms with Crippen molar-refractivity contribution in [3.05, 3.63) is 0 Å².